The van der Waals surface area contributed by atoms with Crippen LogP contribution < -0.4 is 10.1 Å². The summed E-state index contributed by atoms with van der Waals surface area (Å²) < 4.78 is 7.89. The third kappa shape index (κ3) is 2.56. The summed E-state index contributed by atoms with van der Waals surface area (Å²) in [5.41, 5.74) is 1.97. The number of aromatic nitrogens is 2. The number of rotatable bonds is 5. The number of hydrogen-bond acceptors (Lipinski definition) is 3. The summed E-state index contributed by atoms with van der Waals surface area (Å²) in [4.78, 5) is 14.8. The number of aromatic amines is 1. The Balaban J connectivity index is 1.77. The van der Waals surface area contributed by atoms with Crippen LogP contribution in [0, 0.1) is 10.7 Å². The van der Waals surface area contributed by atoms with Crippen LogP contribution >= 0.6 is 12.2 Å². The van der Waals surface area contributed by atoms with Gasteiger partial charge in [-0.3, -0.25) is 4.79 Å². The van der Waals surface area contributed by atoms with Gasteiger partial charge in [-0.2, -0.15) is 0 Å². The van der Waals surface area contributed by atoms with Crippen molar-refractivity contribution in [3.8, 4) is 5.75 Å². The fourth-order valence-corrected chi connectivity index (χ4v) is 2.56. The number of hydrogen-bond donors (Lipinski definition) is 2. The van der Waals surface area contributed by atoms with Crippen molar-refractivity contribution in [2.24, 2.45) is 5.92 Å². The monoisotopic (exact) mass is 291 g/mol. The van der Waals surface area contributed by atoms with E-state index in [1.807, 2.05) is 22.8 Å². The molecule has 0 aliphatic heterocycles. The van der Waals surface area contributed by atoms with Crippen LogP contribution in [-0.2, 0) is 11.3 Å². The highest BCUT2D eigenvalue weighted by molar-refractivity contribution is 7.71. The predicted molar refractivity (Wildman–Crippen MR) is 79.4 cm³/mol. The van der Waals surface area contributed by atoms with Gasteiger partial charge in [-0.25, -0.2) is 0 Å². The van der Waals surface area contributed by atoms with E-state index in [4.69, 9.17) is 17.0 Å². The summed E-state index contributed by atoms with van der Waals surface area (Å²) in [5, 5.41) is 2.95. The van der Waals surface area contributed by atoms with Gasteiger partial charge in [-0.05, 0) is 37.2 Å². The first-order chi connectivity index (χ1) is 9.69. The van der Waals surface area contributed by atoms with Gasteiger partial charge in [0.1, 0.15) is 5.75 Å². The van der Waals surface area contributed by atoms with Crippen LogP contribution in [0.5, 0.6) is 5.75 Å². The molecule has 0 saturated heterocycles. The standard InChI is InChI=1S/C14H17N3O2S/c1-19-10-4-5-11-12(8-10)17(14(20)16-11)7-6-15-13(18)9-2-3-9/h4-5,8-9H,2-3,6-7H2,1H3,(H,15,18)(H,16,20). The lowest BCUT2D eigenvalue weighted by Gasteiger charge is -2.07. The predicted octanol–water partition coefficient (Wildman–Crippen LogP) is 2.23. The van der Waals surface area contributed by atoms with Crippen LogP contribution in [0.4, 0.5) is 0 Å². The Kier molecular flexibility index (Phi) is 3.48. The molecule has 20 heavy (non-hydrogen) atoms. The van der Waals surface area contributed by atoms with Gasteiger partial charge in [0.05, 0.1) is 18.1 Å². The fraction of sp³-hybridized carbons (Fsp3) is 0.429. The number of methoxy groups -OCH3 is 1. The highest BCUT2D eigenvalue weighted by atomic mass is 32.1. The molecule has 1 aliphatic rings. The molecule has 6 heteroatoms. The lowest BCUT2D eigenvalue weighted by Crippen LogP contribution is -2.28. The maximum atomic E-state index is 11.6. The second kappa shape index (κ2) is 5.28. The second-order valence-electron chi connectivity index (χ2n) is 5.03. The average molecular weight is 291 g/mol. The van der Waals surface area contributed by atoms with Gasteiger partial charge < -0.3 is 19.6 Å². The quantitative estimate of drug-likeness (QED) is 0.831. The normalized spacial score (nSPS) is 14.4. The highest BCUT2D eigenvalue weighted by Crippen LogP contribution is 2.28. The van der Waals surface area contributed by atoms with Gasteiger partial charge in [-0.1, -0.05) is 0 Å². The van der Waals surface area contributed by atoms with Crippen molar-refractivity contribution < 1.29 is 9.53 Å². The Labute approximate surface area is 121 Å². The lowest BCUT2D eigenvalue weighted by molar-refractivity contribution is -0.122. The molecule has 2 aromatic rings. The molecule has 0 atom stereocenters. The van der Waals surface area contributed by atoms with E-state index in [9.17, 15) is 4.79 Å². The number of fused-ring (bicyclic) bond motifs is 1. The van der Waals surface area contributed by atoms with Gasteiger partial charge >= 0.3 is 0 Å². The minimum Gasteiger partial charge on any atom is -0.497 e. The van der Waals surface area contributed by atoms with Gasteiger partial charge in [-0.15, -0.1) is 0 Å². The molecular weight excluding hydrogens is 274 g/mol. The van der Waals surface area contributed by atoms with Gasteiger partial charge in [0, 0.05) is 25.1 Å². The number of nitrogens with zero attached hydrogens (tertiary/aromatic N) is 1. The first kappa shape index (κ1) is 13.2. The molecule has 1 aliphatic carbocycles. The SMILES string of the molecule is COc1ccc2[nH]c(=S)n(CCNC(=O)C3CC3)c2c1. The van der Waals surface area contributed by atoms with Gasteiger partial charge in [0.2, 0.25) is 5.91 Å². The van der Waals surface area contributed by atoms with Crippen molar-refractivity contribution in [1.29, 1.82) is 0 Å². The number of carbonyl (C=O) groups is 1. The van der Waals surface area contributed by atoms with E-state index in [1.165, 1.54) is 0 Å². The Morgan fingerprint density at radius 1 is 1.55 bits per heavy atom. The van der Waals surface area contributed by atoms with Crippen molar-refractivity contribution in [2.75, 3.05) is 13.7 Å². The van der Waals surface area contributed by atoms with E-state index in [1.54, 1.807) is 7.11 Å². The number of H-pyrrole nitrogens is 1. The number of ether oxygens (including phenoxy) is 1. The van der Waals surface area contributed by atoms with Crippen LogP contribution in [0.2, 0.25) is 0 Å². The number of nitrogens with one attached hydrogen (secondary N) is 2. The van der Waals surface area contributed by atoms with Crippen LogP contribution in [0.3, 0.4) is 0 Å². The Morgan fingerprint density at radius 2 is 2.35 bits per heavy atom. The Bertz CT molecular complexity index is 700. The number of imidazole rings is 1. The molecule has 0 bridgehead atoms. The molecule has 106 valence electrons. The zero-order chi connectivity index (χ0) is 14.1. The third-order valence-electron chi connectivity index (χ3n) is 3.57. The molecule has 1 saturated carbocycles. The zero-order valence-electron chi connectivity index (χ0n) is 11.3. The minimum absolute atomic E-state index is 0.161. The minimum atomic E-state index is 0.161. The molecule has 1 aromatic heterocycles. The number of benzene rings is 1. The summed E-state index contributed by atoms with van der Waals surface area (Å²) in [6.45, 7) is 1.25. The summed E-state index contributed by atoms with van der Waals surface area (Å²) >= 11 is 5.33. The summed E-state index contributed by atoms with van der Waals surface area (Å²) in [6.07, 6.45) is 2.05. The highest BCUT2D eigenvalue weighted by Gasteiger charge is 2.29. The Morgan fingerprint density at radius 3 is 3.05 bits per heavy atom. The van der Waals surface area contributed by atoms with Crippen LogP contribution in [0.1, 0.15) is 12.8 Å². The van der Waals surface area contributed by atoms with Crippen LogP contribution in [0.15, 0.2) is 18.2 Å². The van der Waals surface area contributed by atoms with E-state index in [0.29, 0.717) is 17.9 Å². The first-order valence-electron chi connectivity index (χ1n) is 6.73. The molecule has 0 spiro atoms. The van der Waals surface area contributed by atoms with E-state index < -0.39 is 0 Å². The zero-order valence-corrected chi connectivity index (χ0v) is 12.1. The van der Waals surface area contributed by atoms with Gasteiger partial charge in [0.25, 0.3) is 0 Å². The summed E-state index contributed by atoms with van der Waals surface area (Å²) in [5.74, 6) is 1.20. The molecule has 1 aromatic carbocycles. The Hall–Kier alpha value is -1.82. The molecule has 3 rings (SSSR count). The number of carbonyl (C=O) groups excluding carboxylic acids is 1. The molecule has 1 heterocycles. The van der Waals surface area contributed by atoms with E-state index >= 15 is 0 Å². The third-order valence-corrected chi connectivity index (χ3v) is 3.89. The average Bonchev–Trinajstić information content (AvgIpc) is 3.24. The molecule has 1 amide bonds. The van der Waals surface area contributed by atoms with E-state index in [-0.39, 0.29) is 11.8 Å². The first-order valence-corrected chi connectivity index (χ1v) is 7.14. The van der Waals surface area contributed by atoms with Crippen LogP contribution in [0.25, 0.3) is 11.0 Å². The van der Waals surface area contributed by atoms with Crippen molar-refractivity contribution in [2.45, 2.75) is 19.4 Å². The maximum absolute atomic E-state index is 11.6. The van der Waals surface area contributed by atoms with Crippen molar-refractivity contribution in [3.05, 3.63) is 23.0 Å². The largest absolute Gasteiger partial charge is 0.497 e. The van der Waals surface area contributed by atoms with Gasteiger partial charge in [0.15, 0.2) is 4.77 Å². The molecule has 0 unspecified atom stereocenters. The molecule has 0 radical (unpaired) electrons. The van der Waals surface area contributed by atoms with E-state index in [2.05, 4.69) is 10.3 Å². The molecule has 5 nitrogen and oxygen atoms in total. The molecule has 1 fully saturated rings. The lowest BCUT2D eigenvalue weighted by atomic mass is 10.3. The second-order valence-corrected chi connectivity index (χ2v) is 5.42. The maximum Gasteiger partial charge on any atom is 0.223 e. The topological polar surface area (TPSA) is 59.0 Å². The van der Waals surface area contributed by atoms with E-state index in [0.717, 1.165) is 29.6 Å². The molecular formula is C14H17N3O2S. The summed E-state index contributed by atoms with van der Waals surface area (Å²) in [6, 6.07) is 5.79. The number of amides is 1. The van der Waals surface area contributed by atoms with Crippen molar-refractivity contribution in [1.82, 2.24) is 14.9 Å². The van der Waals surface area contributed by atoms with Crippen molar-refractivity contribution in [3.63, 3.8) is 0 Å². The molecule has 2 N–H and O–H groups in total. The smallest absolute Gasteiger partial charge is 0.223 e. The fourth-order valence-electron chi connectivity index (χ4n) is 2.26. The van der Waals surface area contributed by atoms with Crippen molar-refractivity contribution >= 4 is 29.2 Å². The summed E-state index contributed by atoms with van der Waals surface area (Å²) in [7, 11) is 1.64. The van der Waals surface area contributed by atoms with Crippen LogP contribution in [-0.4, -0.2) is 29.1 Å².